The van der Waals surface area contributed by atoms with Crippen molar-refractivity contribution in [3.8, 4) is 11.5 Å². The number of aryl methyl sites for hydroxylation is 1. The number of nitrogens with zero attached hydrogens (tertiary/aromatic N) is 3. The van der Waals surface area contributed by atoms with E-state index >= 15 is 0 Å². The largest absolute Gasteiger partial charge is 0.486 e. The Bertz CT molecular complexity index is 1430. The van der Waals surface area contributed by atoms with Crippen LogP contribution in [0, 0.1) is 19.7 Å². The molecule has 2 aliphatic rings. The number of carbonyl (C=O) groups is 1. The average molecular weight is 598 g/mol. The van der Waals surface area contributed by atoms with Crippen molar-refractivity contribution in [2.45, 2.75) is 58.7 Å². The lowest BCUT2D eigenvalue weighted by Gasteiger charge is -2.42. The summed E-state index contributed by atoms with van der Waals surface area (Å²) in [4.78, 5) is 17.5. The molecule has 5 rings (SSSR count). The number of hydrogen-bond acceptors (Lipinski definition) is 6. The first-order valence-corrected chi connectivity index (χ1v) is 14.9. The summed E-state index contributed by atoms with van der Waals surface area (Å²) in [6.07, 6.45) is 4.16. The van der Waals surface area contributed by atoms with E-state index in [0.29, 0.717) is 53.9 Å². The van der Waals surface area contributed by atoms with E-state index in [-0.39, 0.29) is 23.8 Å². The molecule has 3 aromatic rings. The van der Waals surface area contributed by atoms with Gasteiger partial charge in [-0.25, -0.2) is 4.39 Å². The standard InChI is InChI=1S/C32H38ClFN4O4/c1-21-9-15-38(40)23(3)31(21)32(39)35-12-8-22(2)36-13-10-26(11-14-36)37(20-24-18-25(33)4-6-28(24)34)27-5-7-29-30(19-27)42-17-16-41-29/h4-7,9,15,18-19,22,26H,8,10-14,16-17,20H2,1-3H3,(H-,35,39,40)/p+1. The molecular weight excluding hydrogens is 559 g/mol. The van der Waals surface area contributed by atoms with Crippen LogP contribution in [0.4, 0.5) is 10.1 Å². The van der Waals surface area contributed by atoms with Gasteiger partial charge >= 0.3 is 0 Å². The summed E-state index contributed by atoms with van der Waals surface area (Å²) in [5.41, 5.74) is 3.36. The van der Waals surface area contributed by atoms with Gasteiger partial charge in [0, 0.05) is 78.3 Å². The highest BCUT2D eigenvalue weighted by atomic mass is 35.5. The molecule has 1 unspecified atom stereocenters. The van der Waals surface area contributed by atoms with Crippen molar-refractivity contribution in [2.24, 2.45) is 0 Å². The van der Waals surface area contributed by atoms with E-state index in [1.165, 1.54) is 12.3 Å². The normalized spacial score (nSPS) is 16.2. The van der Waals surface area contributed by atoms with E-state index in [0.717, 1.165) is 54.1 Å². The van der Waals surface area contributed by atoms with E-state index in [1.807, 2.05) is 25.1 Å². The molecular formula is C32H39ClFN4O4+. The fraction of sp³-hybridized carbons (Fsp3) is 0.438. The number of amides is 1. The highest BCUT2D eigenvalue weighted by Gasteiger charge is 2.29. The molecule has 0 saturated carbocycles. The summed E-state index contributed by atoms with van der Waals surface area (Å²) in [5, 5.41) is 13.5. The van der Waals surface area contributed by atoms with Gasteiger partial charge in [0.2, 0.25) is 11.9 Å². The number of ether oxygens (including phenoxy) is 2. The number of piperidine rings is 1. The maximum absolute atomic E-state index is 14.8. The van der Waals surface area contributed by atoms with E-state index in [2.05, 4.69) is 22.0 Å². The van der Waals surface area contributed by atoms with Crippen molar-refractivity contribution in [1.82, 2.24) is 10.2 Å². The summed E-state index contributed by atoms with van der Waals surface area (Å²) < 4.78 is 27.4. The highest BCUT2D eigenvalue weighted by molar-refractivity contribution is 6.30. The lowest BCUT2D eigenvalue weighted by molar-refractivity contribution is -0.908. The van der Waals surface area contributed by atoms with Gasteiger partial charge in [0.05, 0.1) is 0 Å². The predicted molar refractivity (Wildman–Crippen MR) is 159 cm³/mol. The third-order valence-corrected chi connectivity index (χ3v) is 8.64. The zero-order chi connectivity index (χ0) is 29.8. The topological polar surface area (TPSA) is 78.2 Å². The first-order valence-electron chi connectivity index (χ1n) is 14.5. The van der Waals surface area contributed by atoms with Gasteiger partial charge in [0.1, 0.15) is 24.6 Å². The van der Waals surface area contributed by atoms with E-state index < -0.39 is 0 Å². The third kappa shape index (κ3) is 6.73. The fourth-order valence-electron chi connectivity index (χ4n) is 5.91. The molecule has 8 nitrogen and oxygen atoms in total. The minimum Gasteiger partial charge on any atom is -0.486 e. The summed E-state index contributed by atoms with van der Waals surface area (Å²) in [6, 6.07) is 12.8. The quantitative estimate of drug-likeness (QED) is 0.265. The Morgan fingerprint density at radius 3 is 2.64 bits per heavy atom. The van der Waals surface area contributed by atoms with Crippen LogP contribution in [0.5, 0.6) is 11.5 Å². The van der Waals surface area contributed by atoms with Gasteiger partial charge in [-0.05, 0) is 69.0 Å². The van der Waals surface area contributed by atoms with Crippen molar-refractivity contribution >= 4 is 23.2 Å². The SMILES string of the molecule is Cc1cc[n+](O)c(C)c1C(=O)NCCC(C)N1CCC(N(Cc2cc(Cl)ccc2F)c2ccc3c(c2)OCCO3)CC1. The molecule has 3 heterocycles. The number of halogens is 2. The molecule has 224 valence electrons. The number of fused-ring (bicyclic) bond motifs is 1. The number of hydrogen-bond donors (Lipinski definition) is 2. The van der Waals surface area contributed by atoms with Gasteiger partial charge in [-0.1, -0.05) is 11.6 Å². The second-order valence-corrected chi connectivity index (χ2v) is 11.6. The van der Waals surface area contributed by atoms with Gasteiger partial charge < -0.3 is 24.6 Å². The van der Waals surface area contributed by atoms with E-state index in [9.17, 15) is 14.4 Å². The Hall–Kier alpha value is -3.56. The van der Waals surface area contributed by atoms with E-state index in [4.69, 9.17) is 21.1 Å². The molecule has 2 aromatic carbocycles. The molecule has 0 spiro atoms. The molecule has 1 amide bonds. The molecule has 42 heavy (non-hydrogen) atoms. The summed E-state index contributed by atoms with van der Waals surface area (Å²) >= 11 is 6.23. The number of anilines is 1. The zero-order valence-corrected chi connectivity index (χ0v) is 25.2. The number of pyridine rings is 1. The monoisotopic (exact) mass is 597 g/mol. The molecule has 0 aliphatic carbocycles. The molecule has 0 radical (unpaired) electrons. The number of nitrogens with one attached hydrogen (secondary N) is 1. The Labute approximate surface area is 251 Å². The second kappa shape index (κ2) is 13.2. The van der Waals surface area contributed by atoms with Crippen molar-refractivity contribution in [3.63, 3.8) is 0 Å². The van der Waals surface area contributed by atoms with Gasteiger partial charge in [0.15, 0.2) is 11.5 Å². The number of benzene rings is 2. The number of likely N-dealkylation sites (tertiary alicyclic amines) is 1. The van der Waals surface area contributed by atoms with Crippen LogP contribution in [0.25, 0.3) is 0 Å². The number of carbonyl (C=O) groups excluding carboxylic acids is 1. The minimum absolute atomic E-state index is 0.178. The first kappa shape index (κ1) is 29.9. The van der Waals surface area contributed by atoms with Gasteiger partial charge in [-0.15, -0.1) is 0 Å². The lowest BCUT2D eigenvalue weighted by Crippen LogP contribution is -2.48. The molecule has 1 saturated heterocycles. The van der Waals surface area contributed by atoms with E-state index in [1.54, 1.807) is 25.1 Å². The highest BCUT2D eigenvalue weighted by Crippen LogP contribution is 2.37. The summed E-state index contributed by atoms with van der Waals surface area (Å²) in [5.74, 6) is 0.980. The molecule has 2 aliphatic heterocycles. The molecule has 1 aromatic heterocycles. The van der Waals surface area contributed by atoms with Crippen LogP contribution in [-0.4, -0.2) is 60.9 Å². The van der Waals surface area contributed by atoms with Crippen LogP contribution >= 0.6 is 11.6 Å². The fourth-order valence-corrected chi connectivity index (χ4v) is 6.11. The van der Waals surface area contributed by atoms with Crippen LogP contribution in [0.1, 0.15) is 53.4 Å². The molecule has 2 N–H and O–H groups in total. The Morgan fingerprint density at radius 1 is 1.14 bits per heavy atom. The molecule has 0 bridgehead atoms. The van der Waals surface area contributed by atoms with Gasteiger partial charge in [-0.2, -0.15) is 0 Å². The summed E-state index contributed by atoms with van der Waals surface area (Å²) in [7, 11) is 0. The minimum atomic E-state index is -0.273. The Balaban J connectivity index is 1.22. The maximum Gasteiger partial charge on any atom is 0.258 e. The second-order valence-electron chi connectivity index (χ2n) is 11.2. The van der Waals surface area contributed by atoms with Crippen LogP contribution in [0.3, 0.4) is 0 Å². The smallest absolute Gasteiger partial charge is 0.258 e. The number of rotatable bonds is 9. The lowest BCUT2D eigenvalue weighted by atomic mass is 9.99. The van der Waals surface area contributed by atoms with Crippen molar-refractivity contribution in [3.05, 3.63) is 81.9 Å². The Morgan fingerprint density at radius 2 is 1.88 bits per heavy atom. The first-order chi connectivity index (χ1) is 20.2. The molecule has 1 fully saturated rings. The van der Waals surface area contributed by atoms with Gasteiger partial charge in [0.25, 0.3) is 5.91 Å². The maximum atomic E-state index is 14.8. The van der Waals surface area contributed by atoms with Crippen molar-refractivity contribution in [1.29, 1.82) is 0 Å². The van der Waals surface area contributed by atoms with Crippen LogP contribution in [0.2, 0.25) is 5.02 Å². The molecule has 1 atom stereocenters. The van der Waals surface area contributed by atoms with Crippen LogP contribution < -0.4 is 24.4 Å². The molecule has 10 heteroatoms. The zero-order valence-electron chi connectivity index (χ0n) is 24.4. The van der Waals surface area contributed by atoms with Crippen molar-refractivity contribution in [2.75, 3.05) is 37.7 Å². The number of aromatic nitrogens is 1. The van der Waals surface area contributed by atoms with Gasteiger partial charge in [-0.3, -0.25) is 10.0 Å². The third-order valence-electron chi connectivity index (χ3n) is 8.41. The van der Waals surface area contributed by atoms with Crippen LogP contribution in [-0.2, 0) is 6.54 Å². The average Bonchev–Trinajstić information content (AvgIpc) is 2.99. The predicted octanol–water partition coefficient (Wildman–Crippen LogP) is 5.07. The van der Waals surface area contributed by atoms with Crippen molar-refractivity contribution < 1.29 is 28.6 Å². The Kier molecular flexibility index (Phi) is 9.38. The summed E-state index contributed by atoms with van der Waals surface area (Å²) in [6.45, 7) is 9.52. The van der Waals surface area contributed by atoms with Crippen LogP contribution in [0.15, 0.2) is 48.7 Å².